The molecule has 27 heavy (non-hydrogen) atoms. The largest absolute Gasteiger partial charge is 0.388 e. The van der Waals surface area contributed by atoms with Crippen LogP contribution in [0, 0.1) is 0 Å². The Morgan fingerprint density at radius 1 is 1.15 bits per heavy atom. The van der Waals surface area contributed by atoms with E-state index in [1.807, 2.05) is 0 Å². The molecule has 13 nitrogen and oxygen atoms in total. The summed E-state index contributed by atoms with van der Waals surface area (Å²) in [6.07, 6.45) is -3.04. The second-order valence-electron chi connectivity index (χ2n) is 6.29. The average Bonchev–Trinajstić information content (AvgIpc) is 3.07. The highest BCUT2D eigenvalue weighted by atomic mass is 31.2. The van der Waals surface area contributed by atoms with E-state index in [0.29, 0.717) is 0 Å². The number of nitrogens with two attached hydrogens (primary N) is 1. The summed E-state index contributed by atoms with van der Waals surface area (Å²) in [5, 5.41) is 20.5. The van der Waals surface area contributed by atoms with Crippen LogP contribution in [0.25, 0.3) is 11.2 Å². The lowest BCUT2D eigenvalue weighted by Crippen LogP contribution is -2.32. The fraction of sp³-hybridized carbons (Fsp3) is 0.583. The van der Waals surface area contributed by atoms with Crippen molar-refractivity contribution < 1.29 is 38.8 Å². The van der Waals surface area contributed by atoms with Crippen molar-refractivity contribution in [3.63, 3.8) is 0 Å². The van der Waals surface area contributed by atoms with E-state index < -0.39 is 51.6 Å². The van der Waals surface area contributed by atoms with Crippen molar-refractivity contribution in [2.45, 2.75) is 31.0 Å². The van der Waals surface area contributed by atoms with Gasteiger partial charge in [0.2, 0.25) is 7.37 Å². The van der Waals surface area contributed by atoms with Crippen molar-refractivity contribution in [2.24, 2.45) is 0 Å². The molecule has 5 atom stereocenters. The maximum Gasteiger partial charge on any atom is 0.335 e. The summed E-state index contributed by atoms with van der Waals surface area (Å²) < 4.78 is 29.8. The van der Waals surface area contributed by atoms with E-state index in [2.05, 4.69) is 15.0 Å². The van der Waals surface area contributed by atoms with Gasteiger partial charge in [-0.3, -0.25) is 13.7 Å². The number of rotatable bonds is 6. The van der Waals surface area contributed by atoms with Crippen LogP contribution in [0.2, 0.25) is 0 Å². The summed E-state index contributed by atoms with van der Waals surface area (Å²) in [5.41, 5.74) is 6.26. The number of ether oxygens (including phenoxy) is 1. The third-order valence-corrected chi connectivity index (χ3v) is 8.37. The first-order valence-corrected chi connectivity index (χ1v) is 11.6. The number of aromatic nitrogens is 4. The van der Waals surface area contributed by atoms with E-state index in [0.717, 1.165) is 0 Å². The number of aliphatic hydroxyl groups is 2. The Bertz CT molecular complexity index is 932. The number of hydrogen-bond donors (Lipinski definition) is 6. The molecule has 1 aliphatic rings. The molecule has 0 saturated carbocycles. The molecule has 3 heterocycles. The van der Waals surface area contributed by atoms with Crippen LogP contribution in [-0.2, 0) is 13.9 Å². The molecule has 1 saturated heterocycles. The molecule has 1 fully saturated rings. The normalized spacial score (nSPS) is 28.5. The molecule has 0 radical (unpaired) electrons. The van der Waals surface area contributed by atoms with E-state index in [4.69, 9.17) is 20.3 Å². The molecule has 0 aliphatic carbocycles. The highest BCUT2D eigenvalue weighted by Gasteiger charge is 2.45. The van der Waals surface area contributed by atoms with Gasteiger partial charge in [0.15, 0.2) is 17.7 Å². The van der Waals surface area contributed by atoms with Gasteiger partial charge < -0.3 is 35.4 Å². The molecule has 3 rings (SSSR count). The van der Waals surface area contributed by atoms with E-state index in [-0.39, 0.29) is 23.4 Å². The Kier molecular flexibility index (Phi) is 5.41. The van der Waals surface area contributed by atoms with Crippen molar-refractivity contribution in [3.05, 3.63) is 12.7 Å². The maximum atomic E-state index is 11.9. The van der Waals surface area contributed by atoms with Crippen molar-refractivity contribution in [3.8, 4) is 0 Å². The smallest absolute Gasteiger partial charge is 0.335 e. The number of nitrogen functional groups attached to an aromatic ring is 1. The second-order valence-corrected chi connectivity index (χ2v) is 10.9. The Morgan fingerprint density at radius 2 is 1.85 bits per heavy atom. The van der Waals surface area contributed by atoms with Gasteiger partial charge in [-0.25, -0.2) is 15.0 Å². The molecule has 0 spiro atoms. The summed E-state index contributed by atoms with van der Waals surface area (Å²) >= 11 is 0. The molecule has 0 amide bonds. The lowest BCUT2D eigenvalue weighted by Gasteiger charge is -2.17. The fourth-order valence-electron chi connectivity index (χ4n) is 2.94. The minimum atomic E-state index is -4.66. The molecule has 2 aromatic heterocycles. The predicted octanol–water partition coefficient (Wildman–Crippen LogP) is -1.18. The lowest BCUT2D eigenvalue weighted by molar-refractivity contribution is -0.0354. The molecule has 0 aromatic carbocycles. The van der Waals surface area contributed by atoms with E-state index >= 15 is 0 Å². The van der Waals surface area contributed by atoms with Gasteiger partial charge in [0.1, 0.15) is 30.0 Å². The van der Waals surface area contributed by atoms with Crippen molar-refractivity contribution in [1.29, 1.82) is 0 Å². The SMILES string of the molecule is Nc1ncnc2c1ncn2[C@@H]1O[C@H](CCP(=O)(O)CP(=O)(O)O)[C@@H](O)[C@H]1O. The van der Waals surface area contributed by atoms with E-state index in [1.165, 1.54) is 17.2 Å². The number of nitrogens with zero attached hydrogens (tertiary/aromatic N) is 4. The minimum absolute atomic E-state index is 0.127. The topological polar surface area (TPSA) is 214 Å². The molecule has 0 bridgehead atoms. The molecular weight excluding hydrogens is 404 g/mol. The van der Waals surface area contributed by atoms with Crippen LogP contribution in [-0.4, -0.2) is 74.8 Å². The Labute approximate surface area is 152 Å². The number of anilines is 1. The van der Waals surface area contributed by atoms with Gasteiger partial charge >= 0.3 is 7.60 Å². The number of imidazole rings is 1. The summed E-state index contributed by atoms with van der Waals surface area (Å²) in [6.45, 7) is 0. The summed E-state index contributed by atoms with van der Waals surface area (Å²) in [5.74, 6) is -1.03. The van der Waals surface area contributed by atoms with Crippen LogP contribution in [0.15, 0.2) is 12.7 Å². The van der Waals surface area contributed by atoms with Crippen LogP contribution < -0.4 is 5.73 Å². The van der Waals surface area contributed by atoms with Gasteiger partial charge in [0.05, 0.1) is 12.4 Å². The van der Waals surface area contributed by atoms with Crippen molar-refractivity contribution in [1.82, 2.24) is 19.5 Å². The first kappa shape index (κ1) is 20.3. The molecule has 1 unspecified atom stereocenters. The van der Waals surface area contributed by atoms with Gasteiger partial charge in [0.25, 0.3) is 0 Å². The third-order valence-electron chi connectivity index (χ3n) is 4.17. The van der Waals surface area contributed by atoms with Crippen LogP contribution >= 0.6 is 15.0 Å². The zero-order chi connectivity index (χ0) is 20.0. The van der Waals surface area contributed by atoms with Gasteiger partial charge in [-0.15, -0.1) is 0 Å². The zero-order valence-corrected chi connectivity index (χ0v) is 15.6. The Hall–Kier alpha value is -1.43. The molecule has 7 N–H and O–H groups in total. The summed E-state index contributed by atoms with van der Waals surface area (Å²) in [6, 6.07) is 0. The average molecular weight is 423 g/mol. The minimum Gasteiger partial charge on any atom is -0.388 e. The van der Waals surface area contributed by atoms with E-state index in [1.54, 1.807) is 0 Å². The molecular formula is C12H19N5O8P2. The van der Waals surface area contributed by atoms with E-state index in [9.17, 15) is 24.2 Å². The first-order chi connectivity index (χ1) is 12.5. The molecule has 15 heteroatoms. The number of hydrogen-bond acceptors (Lipinski definition) is 9. The third kappa shape index (κ3) is 4.36. The molecule has 1 aliphatic heterocycles. The van der Waals surface area contributed by atoms with Gasteiger partial charge in [-0.1, -0.05) is 0 Å². The van der Waals surface area contributed by atoms with Crippen LogP contribution in [0.5, 0.6) is 0 Å². The standard InChI is InChI=1S/C12H19N5O8P2/c13-10-7-11(15-3-14-10)17(4-16-7)12-9(19)8(18)6(25-12)1-2-26(20,21)5-27(22,23)24/h3-4,6,8-9,12,18-19H,1-2,5H2,(H,20,21)(H2,13,14,15)(H2,22,23,24)/t6-,8-,9-,12-/m1/s1. The van der Waals surface area contributed by atoms with Crippen molar-refractivity contribution in [2.75, 3.05) is 17.8 Å². The number of aliphatic hydroxyl groups excluding tert-OH is 2. The maximum absolute atomic E-state index is 11.9. The Balaban J connectivity index is 1.75. The lowest BCUT2D eigenvalue weighted by atomic mass is 10.1. The predicted molar refractivity (Wildman–Crippen MR) is 91.9 cm³/mol. The van der Waals surface area contributed by atoms with Gasteiger partial charge in [0, 0.05) is 6.16 Å². The highest BCUT2D eigenvalue weighted by molar-refractivity contribution is 7.72. The van der Waals surface area contributed by atoms with Crippen LogP contribution in [0.4, 0.5) is 5.82 Å². The van der Waals surface area contributed by atoms with Gasteiger partial charge in [-0.2, -0.15) is 0 Å². The monoisotopic (exact) mass is 423 g/mol. The second kappa shape index (κ2) is 7.19. The molecule has 2 aromatic rings. The van der Waals surface area contributed by atoms with Crippen LogP contribution in [0.3, 0.4) is 0 Å². The fourth-order valence-corrected chi connectivity index (χ4v) is 6.47. The first-order valence-electron chi connectivity index (χ1n) is 7.78. The number of fused-ring (bicyclic) bond motifs is 1. The quantitative estimate of drug-likeness (QED) is 0.303. The Morgan fingerprint density at radius 3 is 2.52 bits per heavy atom. The highest BCUT2D eigenvalue weighted by Crippen LogP contribution is 2.55. The summed E-state index contributed by atoms with van der Waals surface area (Å²) in [4.78, 5) is 39.3. The summed E-state index contributed by atoms with van der Waals surface area (Å²) in [7, 11) is -8.79. The van der Waals surface area contributed by atoms with Crippen LogP contribution in [0.1, 0.15) is 12.6 Å². The molecule has 150 valence electrons. The van der Waals surface area contributed by atoms with Crippen molar-refractivity contribution >= 4 is 31.9 Å². The zero-order valence-electron chi connectivity index (χ0n) is 13.8. The van der Waals surface area contributed by atoms with Gasteiger partial charge in [-0.05, 0) is 6.42 Å².